The van der Waals surface area contributed by atoms with Crippen LogP contribution in [0.1, 0.15) is 51.5 Å². The monoisotopic (exact) mass is 390 g/mol. The van der Waals surface area contributed by atoms with E-state index in [1.54, 1.807) is 6.92 Å². The van der Waals surface area contributed by atoms with Gasteiger partial charge in [0.15, 0.2) is 17.3 Å². The first-order valence-electron chi connectivity index (χ1n) is 9.14. The third kappa shape index (κ3) is 3.66. The minimum Gasteiger partial charge on any atom is -0.494 e. The fraction of sp³-hybridized carbons (Fsp3) is 0.600. The van der Waals surface area contributed by atoms with Gasteiger partial charge in [0, 0.05) is 18.8 Å². The van der Waals surface area contributed by atoms with Gasteiger partial charge in [0.1, 0.15) is 5.41 Å². The Morgan fingerprint density at radius 2 is 2.07 bits per heavy atom. The van der Waals surface area contributed by atoms with Crippen molar-refractivity contribution in [1.29, 1.82) is 5.26 Å². The first kappa shape index (κ1) is 21.6. The number of nitriles is 1. The highest BCUT2D eigenvalue weighted by atomic mass is 19.1. The molecule has 152 valence electrons. The smallest absolute Gasteiger partial charge is 0.273 e. The number of pyridine rings is 1. The Balaban J connectivity index is 2.15. The second-order valence-corrected chi connectivity index (χ2v) is 8.46. The molecule has 0 aromatic carbocycles. The Morgan fingerprint density at radius 1 is 1.46 bits per heavy atom. The van der Waals surface area contributed by atoms with Crippen LogP contribution in [0.2, 0.25) is 0 Å². The quantitative estimate of drug-likeness (QED) is 0.744. The predicted molar refractivity (Wildman–Crippen MR) is 101 cm³/mol. The maximum Gasteiger partial charge on any atom is 0.273 e. The third-order valence-electron chi connectivity index (χ3n) is 5.89. The predicted octanol–water partition coefficient (Wildman–Crippen LogP) is 2.43. The Labute approximate surface area is 164 Å². The SMILES string of the molecule is COc1ccnc(C(=O)NC(C)(CNC(=O)C2(C#N)CC2(C)C)C(C)C)c1F. The highest BCUT2D eigenvalue weighted by molar-refractivity contribution is 5.94. The lowest BCUT2D eigenvalue weighted by Gasteiger charge is -2.35. The summed E-state index contributed by atoms with van der Waals surface area (Å²) >= 11 is 0. The zero-order valence-corrected chi connectivity index (χ0v) is 17.1. The molecule has 1 aliphatic carbocycles. The van der Waals surface area contributed by atoms with Crippen LogP contribution in [0.3, 0.4) is 0 Å². The number of hydrogen-bond donors (Lipinski definition) is 2. The van der Waals surface area contributed by atoms with Crippen LogP contribution in [-0.4, -0.2) is 36.0 Å². The summed E-state index contributed by atoms with van der Waals surface area (Å²) in [6.07, 6.45) is 1.78. The second kappa shape index (κ2) is 7.38. The van der Waals surface area contributed by atoms with Crippen molar-refractivity contribution in [2.75, 3.05) is 13.7 Å². The first-order valence-corrected chi connectivity index (χ1v) is 9.14. The number of rotatable bonds is 7. The minimum absolute atomic E-state index is 0.0772. The average molecular weight is 390 g/mol. The van der Waals surface area contributed by atoms with Crippen LogP contribution in [0.5, 0.6) is 5.75 Å². The van der Waals surface area contributed by atoms with Gasteiger partial charge >= 0.3 is 0 Å². The zero-order chi connectivity index (χ0) is 21.3. The van der Waals surface area contributed by atoms with Crippen molar-refractivity contribution >= 4 is 11.8 Å². The fourth-order valence-electron chi connectivity index (χ4n) is 3.12. The molecule has 1 fully saturated rings. The van der Waals surface area contributed by atoms with Crippen molar-refractivity contribution in [2.24, 2.45) is 16.7 Å². The fourth-order valence-corrected chi connectivity index (χ4v) is 3.12. The zero-order valence-electron chi connectivity index (χ0n) is 17.1. The summed E-state index contributed by atoms with van der Waals surface area (Å²) in [7, 11) is 1.30. The van der Waals surface area contributed by atoms with Crippen LogP contribution in [0.15, 0.2) is 12.3 Å². The van der Waals surface area contributed by atoms with Gasteiger partial charge in [-0.05, 0) is 24.7 Å². The number of ether oxygens (including phenoxy) is 1. The third-order valence-corrected chi connectivity index (χ3v) is 5.89. The minimum atomic E-state index is -1.05. The molecule has 7 nitrogen and oxygen atoms in total. The van der Waals surface area contributed by atoms with Crippen molar-refractivity contribution in [3.05, 3.63) is 23.8 Å². The van der Waals surface area contributed by atoms with Gasteiger partial charge in [0.2, 0.25) is 5.91 Å². The molecule has 2 atom stereocenters. The van der Waals surface area contributed by atoms with E-state index in [-0.39, 0.29) is 35.2 Å². The number of halogens is 1. The lowest BCUT2D eigenvalue weighted by atomic mass is 9.87. The number of nitrogens with zero attached hydrogens (tertiary/aromatic N) is 2. The maximum absolute atomic E-state index is 14.4. The van der Waals surface area contributed by atoms with Gasteiger partial charge in [-0.1, -0.05) is 27.7 Å². The molecule has 2 rings (SSSR count). The number of aromatic nitrogens is 1. The molecule has 0 aliphatic heterocycles. The maximum atomic E-state index is 14.4. The van der Waals surface area contributed by atoms with Crippen molar-refractivity contribution in [2.45, 2.75) is 46.6 Å². The Morgan fingerprint density at radius 3 is 2.54 bits per heavy atom. The largest absolute Gasteiger partial charge is 0.494 e. The molecule has 1 aromatic heterocycles. The lowest BCUT2D eigenvalue weighted by molar-refractivity contribution is -0.125. The van der Waals surface area contributed by atoms with Crippen molar-refractivity contribution < 1.29 is 18.7 Å². The summed E-state index contributed by atoms with van der Waals surface area (Å²) < 4.78 is 19.2. The summed E-state index contributed by atoms with van der Waals surface area (Å²) in [4.78, 5) is 29.0. The van der Waals surface area contributed by atoms with Gasteiger partial charge < -0.3 is 15.4 Å². The van der Waals surface area contributed by atoms with Gasteiger partial charge in [-0.15, -0.1) is 0 Å². The normalized spacial score (nSPS) is 22.0. The molecular weight excluding hydrogens is 363 g/mol. The summed E-state index contributed by atoms with van der Waals surface area (Å²) in [5.74, 6) is -2.07. The number of hydrogen-bond acceptors (Lipinski definition) is 5. The molecular formula is C20H27FN4O3. The van der Waals surface area contributed by atoms with Gasteiger partial charge in [-0.25, -0.2) is 9.37 Å². The van der Waals surface area contributed by atoms with Crippen LogP contribution >= 0.6 is 0 Å². The summed E-state index contributed by atoms with van der Waals surface area (Å²) in [6, 6.07) is 3.45. The molecule has 0 spiro atoms. The van der Waals surface area contributed by atoms with Gasteiger partial charge in [-0.3, -0.25) is 9.59 Å². The number of carbonyl (C=O) groups excluding carboxylic acids is 2. The van der Waals surface area contributed by atoms with E-state index in [1.165, 1.54) is 19.4 Å². The van der Waals surface area contributed by atoms with E-state index in [1.807, 2.05) is 27.7 Å². The molecule has 2 unspecified atom stereocenters. The van der Waals surface area contributed by atoms with Crippen molar-refractivity contribution in [3.63, 3.8) is 0 Å². The standard InChI is InChI=1S/C20H27FN4O3/c1-12(2)19(5,11-24-17(27)20(10-22)9-18(20,3)4)25-16(26)15-14(21)13(28-6)7-8-23-15/h7-8,12H,9,11H2,1-6H3,(H,24,27)(H,25,26). The van der Waals surface area contributed by atoms with Crippen molar-refractivity contribution in [1.82, 2.24) is 15.6 Å². The van der Waals surface area contributed by atoms with E-state index < -0.39 is 22.7 Å². The topological polar surface area (TPSA) is 104 Å². The molecule has 28 heavy (non-hydrogen) atoms. The lowest BCUT2D eigenvalue weighted by Crippen LogP contribution is -2.57. The summed E-state index contributed by atoms with van der Waals surface area (Å²) in [5, 5.41) is 15.0. The summed E-state index contributed by atoms with van der Waals surface area (Å²) in [5.41, 5.74) is -2.68. The molecule has 1 aliphatic rings. The van der Waals surface area contributed by atoms with E-state index in [0.717, 1.165) is 0 Å². The van der Waals surface area contributed by atoms with E-state index in [4.69, 9.17) is 4.74 Å². The van der Waals surface area contributed by atoms with E-state index in [2.05, 4.69) is 21.7 Å². The molecule has 2 N–H and O–H groups in total. The molecule has 0 radical (unpaired) electrons. The van der Waals surface area contributed by atoms with Gasteiger partial charge in [0.05, 0.1) is 18.7 Å². The highest BCUT2D eigenvalue weighted by Gasteiger charge is 2.67. The highest BCUT2D eigenvalue weighted by Crippen LogP contribution is 2.63. The van der Waals surface area contributed by atoms with Crippen LogP contribution in [0, 0.1) is 33.9 Å². The van der Waals surface area contributed by atoms with E-state index in [9.17, 15) is 19.2 Å². The molecule has 0 saturated heterocycles. The second-order valence-electron chi connectivity index (χ2n) is 8.46. The van der Waals surface area contributed by atoms with Crippen LogP contribution in [-0.2, 0) is 4.79 Å². The van der Waals surface area contributed by atoms with Gasteiger partial charge in [-0.2, -0.15) is 5.26 Å². The molecule has 1 aromatic rings. The number of carbonyl (C=O) groups is 2. The summed E-state index contributed by atoms with van der Waals surface area (Å²) in [6.45, 7) is 9.35. The van der Waals surface area contributed by atoms with Crippen molar-refractivity contribution in [3.8, 4) is 11.8 Å². The first-order chi connectivity index (χ1) is 12.9. The molecule has 8 heteroatoms. The Bertz CT molecular complexity index is 833. The van der Waals surface area contributed by atoms with Crippen LogP contribution in [0.25, 0.3) is 0 Å². The average Bonchev–Trinajstić information content (AvgIpc) is 3.22. The molecule has 1 saturated carbocycles. The molecule has 0 bridgehead atoms. The number of nitrogens with one attached hydrogen (secondary N) is 2. The van der Waals surface area contributed by atoms with E-state index in [0.29, 0.717) is 6.42 Å². The Kier molecular flexibility index (Phi) is 5.69. The van der Waals surface area contributed by atoms with Crippen LogP contribution < -0.4 is 15.4 Å². The number of methoxy groups -OCH3 is 1. The Hall–Kier alpha value is -2.69. The van der Waals surface area contributed by atoms with Gasteiger partial charge in [0.25, 0.3) is 5.91 Å². The molecule has 2 amide bonds. The molecule has 1 heterocycles. The number of amides is 2. The van der Waals surface area contributed by atoms with Crippen LogP contribution in [0.4, 0.5) is 4.39 Å². The van der Waals surface area contributed by atoms with E-state index >= 15 is 0 Å².